The van der Waals surface area contributed by atoms with Crippen LogP contribution >= 0.6 is 11.6 Å². The molecule has 1 fully saturated rings. The molecule has 0 radical (unpaired) electrons. The lowest BCUT2D eigenvalue weighted by atomic mass is 10.0. The molecular formula is C11H20ClNO2. The monoisotopic (exact) mass is 233 g/mol. The average molecular weight is 234 g/mol. The van der Waals surface area contributed by atoms with Crippen LogP contribution in [0.3, 0.4) is 0 Å². The van der Waals surface area contributed by atoms with E-state index in [-0.39, 0.29) is 17.6 Å². The number of ether oxygens (including phenoxy) is 1. The molecule has 0 spiro atoms. The zero-order chi connectivity index (χ0) is 11.6. The molecule has 0 aliphatic carbocycles. The minimum Gasteiger partial charge on any atom is -0.372 e. The molecule has 88 valence electrons. The second-order valence-electron chi connectivity index (χ2n) is 4.71. The SMILES string of the molecule is CCC1COC(C)(C)CN1C(=O)C(C)Cl. The predicted molar refractivity (Wildman–Crippen MR) is 61.1 cm³/mol. The van der Waals surface area contributed by atoms with Crippen LogP contribution in [-0.2, 0) is 9.53 Å². The normalized spacial score (nSPS) is 27.5. The summed E-state index contributed by atoms with van der Waals surface area (Å²) < 4.78 is 5.69. The van der Waals surface area contributed by atoms with Gasteiger partial charge < -0.3 is 9.64 Å². The molecule has 0 N–H and O–H groups in total. The minimum absolute atomic E-state index is 0.0138. The average Bonchev–Trinajstić information content (AvgIpc) is 2.15. The number of amides is 1. The summed E-state index contributed by atoms with van der Waals surface area (Å²) >= 11 is 5.84. The van der Waals surface area contributed by atoms with Crippen LogP contribution in [0.15, 0.2) is 0 Å². The lowest BCUT2D eigenvalue weighted by molar-refractivity contribution is -0.155. The van der Waals surface area contributed by atoms with E-state index >= 15 is 0 Å². The first-order valence-electron chi connectivity index (χ1n) is 5.46. The van der Waals surface area contributed by atoms with E-state index in [2.05, 4.69) is 6.92 Å². The molecule has 1 heterocycles. The smallest absolute Gasteiger partial charge is 0.240 e. The molecule has 0 aromatic heterocycles. The number of hydrogen-bond acceptors (Lipinski definition) is 2. The first-order chi connectivity index (χ1) is 6.87. The quantitative estimate of drug-likeness (QED) is 0.683. The molecule has 4 heteroatoms. The van der Waals surface area contributed by atoms with Crippen LogP contribution in [0.1, 0.15) is 34.1 Å². The van der Waals surface area contributed by atoms with Crippen LogP contribution in [0.25, 0.3) is 0 Å². The largest absolute Gasteiger partial charge is 0.372 e. The molecule has 1 aliphatic rings. The van der Waals surface area contributed by atoms with Gasteiger partial charge >= 0.3 is 0 Å². The Hall–Kier alpha value is -0.280. The van der Waals surface area contributed by atoms with Crippen LogP contribution in [0, 0.1) is 0 Å². The van der Waals surface area contributed by atoms with Gasteiger partial charge in [0, 0.05) is 6.54 Å². The van der Waals surface area contributed by atoms with Gasteiger partial charge in [-0.1, -0.05) is 6.92 Å². The second kappa shape index (κ2) is 4.71. The molecule has 0 bridgehead atoms. The Morgan fingerprint density at radius 2 is 2.27 bits per heavy atom. The molecule has 1 saturated heterocycles. The molecule has 1 aliphatic heterocycles. The van der Waals surface area contributed by atoms with Gasteiger partial charge in [-0.25, -0.2) is 0 Å². The summed E-state index contributed by atoms with van der Waals surface area (Å²) in [5.41, 5.74) is -0.257. The fourth-order valence-electron chi connectivity index (χ4n) is 1.82. The van der Waals surface area contributed by atoms with E-state index in [1.165, 1.54) is 0 Å². The van der Waals surface area contributed by atoms with Crippen LogP contribution in [0.5, 0.6) is 0 Å². The van der Waals surface area contributed by atoms with Crippen molar-refractivity contribution < 1.29 is 9.53 Å². The fourth-order valence-corrected chi connectivity index (χ4v) is 1.95. The first-order valence-corrected chi connectivity index (χ1v) is 5.89. The van der Waals surface area contributed by atoms with Gasteiger partial charge in [0.1, 0.15) is 5.38 Å². The van der Waals surface area contributed by atoms with Crippen LogP contribution < -0.4 is 0 Å². The van der Waals surface area contributed by atoms with Crippen molar-refractivity contribution >= 4 is 17.5 Å². The standard InChI is InChI=1S/C11H20ClNO2/c1-5-9-6-15-11(3,4)7-13(9)10(14)8(2)12/h8-9H,5-7H2,1-4H3. The molecule has 0 aromatic carbocycles. The van der Waals surface area contributed by atoms with E-state index in [1.807, 2.05) is 18.7 Å². The van der Waals surface area contributed by atoms with Crippen LogP contribution in [0.2, 0.25) is 0 Å². The Morgan fingerprint density at radius 1 is 1.67 bits per heavy atom. The van der Waals surface area contributed by atoms with Gasteiger partial charge in [-0.05, 0) is 27.2 Å². The van der Waals surface area contributed by atoms with Gasteiger partial charge in [-0.3, -0.25) is 4.79 Å². The topological polar surface area (TPSA) is 29.5 Å². The summed E-state index contributed by atoms with van der Waals surface area (Å²) in [6, 6.07) is 0.173. The third-order valence-electron chi connectivity index (χ3n) is 2.75. The number of carbonyl (C=O) groups is 1. The van der Waals surface area contributed by atoms with Gasteiger partial charge in [-0.2, -0.15) is 0 Å². The van der Waals surface area contributed by atoms with E-state index in [1.54, 1.807) is 6.92 Å². The molecule has 0 saturated carbocycles. The highest BCUT2D eigenvalue weighted by molar-refractivity contribution is 6.30. The van der Waals surface area contributed by atoms with E-state index < -0.39 is 5.38 Å². The first kappa shape index (κ1) is 12.8. The summed E-state index contributed by atoms with van der Waals surface area (Å²) in [5, 5.41) is -0.451. The maximum Gasteiger partial charge on any atom is 0.240 e. The molecule has 1 amide bonds. The summed E-state index contributed by atoms with van der Waals surface area (Å²) in [7, 11) is 0. The summed E-state index contributed by atoms with van der Waals surface area (Å²) in [4.78, 5) is 13.8. The lowest BCUT2D eigenvalue weighted by Gasteiger charge is -2.44. The van der Waals surface area contributed by atoms with E-state index in [0.717, 1.165) is 6.42 Å². The lowest BCUT2D eigenvalue weighted by Crippen LogP contribution is -2.57. The van der Waals surface area contributed by atoms with Crippen LogP contribution in [0.4, 0.5) is 0 Å². The number of carbonyl (C=O) groups excluding carboxylic acids is 1. The third-order valence-corrected chi connectivity index (χ3v) is 2.94. The highest BCUT2D eigenvalue weighted by Gasteiger charge is 2.36. The van der Waals surface area contributed by atoms with Crippen molar-refractivity contribution in [1.29, 1.82) is 0 Å². The molecule has 2 unspecified atom stereocenters. The molecule has 0 aromatic rings. The van der Waals surface area contributed by atoms with Crippen molar-refractivity contribution in [3.05, 3.63) is 0 Å². The van der Waals surface area contributed by atoms with Gasteiger partial charge in [0.15, 0.2) is 0 Å². The molecule has 3 nitrogen and oxygen atoms in total. The summed E-state index contributed by atoms with van der Waals surface area (Å²) in [6.07, 6.45) is 0.908. The van der Waals surface area contributed by atoms with E-state index in [9.17, 15) is 4.79 Å². The van der Waals surface area contributed by atoms with Gasteiger partial charge in [0.2, 0.25) is 5.91 Å². The Balaban J connectivity index is 2.76. The number of alkyl halides is 1. The number of halogens is 1. The van der Waals surface area contributed by atoms with Crippen molar-refractivity contribution in [2.45, 2.75) is 51.1 Å². The van der Waals surface area contributed by atoms with Crippen molar-refractivity contribution in [3.8, 4) is 0 Å². The maximum atomic E-state index is 11.9. The highest BCUT2D eigenvalue weighted by Crippen LogP contribution is 2.23. The third kappa shape index (κ3) is 3.08. The van der Waals surface area contributed by atoms with Crippen molar-refractivity contribution in [1.82, 2.24) is 4.90 Å². The van der Waals surface area contributed by atoms with Gasteiger partial charge in [0.25, 0.3) is 0 Å². The Kier molecular flexibility index (Phi) is 4.01. The number of rotatable bonds is 2. The minimum atomic E-state index is -0.451. The molecule has 2 atom stereocenters. The number of nitrogens with zero attached hydrogens (tertiary/aromatic N) is 1. The van der Waals surface area contributed by atoms with Gasteiger partial charge in [-0.15, -0.1) is 11.6 Å². The van der Waals surface area contributed by atoms with Crippen molar-refractivity contribution in [2.24, 2.45) is 0 Å². The second-order valence-corrected chi connectivity index (χ2v) is 5.37. The summed E-state index contributed by atoms with van der Waals surface area (Å²) in [6.45, 7) is 9.01. The summed E-state index contributed by atoms with van der Waals surface area (Å²) in [5.74, 6) is 0.0138. The van der Waals surface area contributed by atoms with E-state index in [0.29, 0.717) is 13.2 Å². The number of morpholine rings is 1. The highest BCUT2D eigenvalue weighted by atomic mass is 35.5. The Bertz CT molecular complexity index is 241. The van der Waals surface area contributed by atoms with Crippen molar-refractivity contribution in [3.63, 3.8) is 0 Å². The number of hydrogen-bond donors (Lipinski definition) is 0. The predicted octanol–water partition coefficient (Wildman–Crippen LogP) is 2.03. The van der Waals surface area contributed by atoms with E-state index in [4.69, 9.17) is 16.3 Å². The molecule has 15 heavy (non-hydrogen) atoms. The zero-order valence-electron chi connectivity index (χ0n) is 9.92. The maximum absolute atomic E-state index is 11.9. The van der Waals surface area contributed by atoms with Gasteiger partial charge in [0.05, 0.1) is 18.2 Å². The zero-order valence-corrected chi connectivity index (χ0v) is 10.7. The fraction of sp³-hybridized carbons (Fsp3) is 0.909. The Morgan fingerprint density at radius 3 is 2.73 bits per heavy atom. The molecule has 1 rings (SSSR count). The Labute approximate surface area is 96.7 Å². The molecular weight excluding hydrogens is 214 g/mol. The van der Waals surface area contributed by atoms with Crippen LogP contribution in [-0.4, -0.2) is 41.0 Å². The van der Waals surface area contributed by atoms with Crippen molar-refractivity contribution in [2.75, 3.05) is 13.2 Å².